The SMILES string of the molecule is O=C(NCc1cnc(Nc2ccc(C(F)(F)F)cc2)s1)c1cc(-c2cncnc2)ncn1. The van der Waals surface area contributed by atoms with Gasteiger partial charge < -0.3 is 10.6 Å². The van der Waals surface area contributed by atoms with Crippen LogP contribution in [0.5, 0.6) is 0 Å². The quantitative estimate of drug-likeness (QED) is 0.449. The highest BCUT2D eigenvalue weighted by Gasteiger charge is 2.29. The zero-order valence-electron chi connectivity index (χ0n) is 16.2. The Morgan fingerprint density at radius 3 is 2.44 bits per heavy atom. The van der Waals surface area contributed by atoms with Crippen molar-refractivity contribution < 1.29 is 18.0 Å². The number of nitrogens with zero attached hydrogens (tertiary/aromatic N) is 5. The van der Waals surface area contributed by atoms with Crippen molar-refractivity contribution in [3.63, 3.8) is 0 Å². The summed E-state index contributed by atoms with van der Waals surface area (Å²) in [6, 6.07) is 6.19. The van der Waals surface area contributed by atoms with Gasteiger partial charge in [-0.1, -0.05) is 11.3 Å². The van der Waals surface area contributed by atoms with Crippen molar-refractivity contribution in [2.75, 3.05) is 5.32 Å². The van der Waals surface area contributed by atoms with Crippen molar-refractivity contribution in [2.45, 2.75) is 12.7 Å². The molecule has 4 rings (SSSR count). The molecule has 3 heterocycles. The van der Waals surface area contributed by atoms with E-state index in [1.54, 1.807) is 18.6 Å². The van der Waals surface area contributed by atoms with Gasteiger partial charge in [-0.15, -0.1) is 0 Å². The van der Waals surface area contributed by atoms with E-state index < -0.39 is 17.6 Å². The third kappa shape index (κ3) is 5.21. The molecule has 0 atom stereocenters. The molecule has 3 aromatic heterocycles. The van der Waals surface area contributed by atoms with Crippen molar-refractivity contribution in [2.24, 2.45) is 0 Å². The van der Waals surface area contributed by atoms with Crippen LogP contribution in [0.4, 0.5) is 24.0 Å². The standard InChI is InChI=1S/C20H14F3N7OS/c21-20(22,23)13-1-3-14(4-2-13)30-19-27-9-15(32-19)8-26-18(31)17-5-16(28-11-29-17)12-6-24-10-25-7-12/h1-7,9-11H,8H2,(H,26,31)(H,27,30). The first-order valence-corrected chi connectivity index (χ1v) is 9.95. The van der Waals surface area contributed by atoms with Gasteiger partial charge in [-0.3, -0.25) is 4.79 Å². The molecule has 0 radical (unpaired) electrons. The van der Waals surface area contributed by atoms with Crippen LogP contribution in [0.1, 0.15) is 20.9 Å². The normalized spacial score (nSPS) is 11.2. The zero-order chi connectivity index (χ0) is 22.6. The number of alkyl halides is 3. The van der Waals surface area contributed by atoms with Gasteiger partial charge in [0.1, 0.15) is 18.3 Å². The van der Waals surface area contributed by atoms with E-state index in [1.807, 2.05) is 0 Å². The Morgan fingerprint density at radius 1 is 0.969 bits per heavy atom. The average molecular weight is 457 g/mol. The van der Waals surface area contributed by atoms with Gasteiger partial charge in [0, 0.05) is 34.7 Å². The summed E-state index contributed by atoms with van der Waals surface area (Å²) in [7, 11) is 0. The van der Waals surface area contributed by atoms with Crippen LogP contribution in [0.15, 0.2) is 61.6 Å². The Balaban J connectivity index is 1.36. The van der Waals surface area contributed by atoms with Gasteiger partial charge in [0.25, 0.3) is 5.91 Å². The largest absolute Gasteiger partial charge is 0.416 e. The molecule has 32 heavy (non-hydrogen) atoms. The maximum atomic E-state index is 12.7. The lowest BCUT2D eigenvalue weighted by Gasteiger charge is -2.07. The van der Waals surface area contributed by atoms with Gasteiger partial charge >= 0.3 is 6.18 Å². The summed E-state index contributed by atoms with van der Waals surface area (Å²) >= 11 is 1.27. The Labute approximate surface area is 183 Å². The second-order valence-electron chi connectivity index (χ2n) is 6.43. The number of carbonyl (C=O) groups is 1. The lowest BCUT2D eigenvalue weighted by atomic mass is 10.2. The van der Waals surface area contributed by atoms with Crippen LogP contribution in [-0.4, -0.2) is 30.8 Å². The van der Waals surface area contributed by atoms with Crippen LogP contribution < -0.4 is 10.6 Å². The maximum absolute atomic E-state index is 12.7. The fourth-order valence-corrected chi connectivity index (χ4v) is 3.41. The van der Waals surface area contributed by atoms with Gasteiger partial charge in [0.05, 0.1) is 17.8 Å². The second kappa shape index (κ2) is 9.06. The number of halogens is 3. The Morgan fingerprint density at radius 2 is 1.72 bits per heavy atom. The smallest absolute Gasteiger partial charge is 0.346 e. The molecule has 0 aliphatic carbocycles. The van der Waals surface area contributed by atoms with Crippen molar-refractivity contribution >= 4 is 28.1 Å². The topological polar surface area (TPSA) is 106 Å². The minimum absolute atomic E-state index is 0.187. The molecule has 0 aliphatic heterocycles. The van der Waals surface area contributed by atoms with E-state index in [0.29, 0.717) is 22.1 Å². The van der Waals surface area contributed by atoms with Gasteiger partial charge in [0.2, 0.25) is 0 Å². The summed E-state index contributed by atoms with van der Waals surface area (Å²) in [6.45, 7) is 0.207. The number of carbonyl (C=O) groups excluding carboxylic acids is 1. The number of anilines is 2. The van der Waals surface area contributed by atoms with Crippen LogP contribution in [0, 0.1) is 0 Å². The number of hydrogen-bond donors (Lipinski definition) is 2. The molecule has 0 spiro atoms. The van der Waals surface area contributed by atoms with Gasteiger partial charge in [-0.05, 0) is 30.3 Å². The number of benzene rings is 1. The number of rotatable bonds is 6. The number of amides is 1. The summed E-state index contributed by atoms with van der Waals surface area (Å²) in [6.07, 6.45) is 3.04. The first kappa shape index (κ1) is 21.3. The second-order valence-corrected chi connectivity index (χ2v) is 7.55. The Bertz CT molecular complexity index is 1210. The molecule has 12 heteroatoms. The highest BCUT2D eigenvalue weighted by molar-refractivity contribution is 7.15. The van der Waals surface area contributed by atoms with Crippen LogP contribution >= 0.6 is 11.3 Å². The molecule has 0 saturated carbocycles. The number of aromatic nitrogens is 5. The van der Waals surface area contributed by atoms with E-state index >= 15 is 0 Å². The lowest BCUT2D eigenvalue weighted by molar-refractivity contribution is -0.137. The van der Waals surface area contributed by atoms with E-state index in [4.69, 9.17) is 0 Å². The molecule has 1 amide bonds. The fourth-order valence-electron chi connectivity index (χ4n) is 2.64. The minimum atomic E-state index is -4.38. The average Bonchev–Trinajstić information content (AvgIpc) is 3.25. The molecular formula is C20H14F3N7OS. The number of thiazole rings is 1. The van der Waals surface area contributed by atoms with E-state index in [9.17, 15) is 18.0 Å². The third-order valence-corrected chi connectivity index (χ3v) is 5.11. The Hall–Kier alpha value is -3.93. The molecule has 8 nitrogen and oxygen atoms in total. The third-order valence-electron chi connectivity index (χ3n) is 4.20. The van der Waals surface area contributed by atoms with Crippen LogP contribution in [0.3, 0.4) is 0 Å². The van der Waals surface area contributed by atoms with E-state index in [2.05, 4.69) is 35.6 Å². The Kier molecular flexibility index (Phi) is 6.03. The maximum Gasteiger partial charge on any atom is 0.416 e. The van der Waals surface area contributed by atoms with E-state index in [-0.39, 0.29) is 12.2 Å². The van der Waals surface area contributed by atoms with Gasteiger partial charge in [0.15, 0.2) is 5.13 Å². The lowest BCUT2D eigenvalue weighted by Crippen LogP contribution is -2.23. The van der Waals surface area contributed by atoms with Crippen molar-refractivity contribution in [1.82, 2.24) is 30.2 Å². The predicted molar refractivity (Wildman–Crippen MR) is 111 cm³/mol. The monoisotopic (exact) mass is 457 g/mol. The molecule has 0 saturated heterocycles. The summed E-state index contributed by atoms with van der Waals surface area (Å²) in [5.74, 6) is -0.392. The fraction of sp³-hybridized carbons (Fsp3) is 0.100. The van der Waals surface area contributed by atoms with Crippen LogP contribution in [0.25, 0.3) is 11.3 Å². The number of hydrogen-bond acceptors (Lipinski definition) is 8. The summed E-state index contributed by atoms with van der Waals surface area (Å²) in [5, 5.41) is 6.18. The highest BCUT2D eigenvalue weighted by atomic mass is 32.1. The molecule has 0 bridgehead atoms. The summed E-state index contributed by atoms with van der Waals surface area (Å²) in [5.41, 5.74) is 1.11. The molecule has 4 aromatic rings. The summed E-state index contributed by atoms with van der Waals surface area (Å²) in [4.78, 5) is 33.4. The highest BCUT2D eigenvalue weighted by Crippen LogP contribution is 2.31. The molecular weight excluding hydrogens is 443 g/mol. The molecule has 0 unspecified atom stereocenters. The van der Waals surface area contributed by atoms with Gasteiger partial charge in [-0.25, -0.2) is 24.9 Å². The van der Waals surface area contributed by atoms with Crippen LogP contribution in [-0.2, 0) is 12.7 Å². The molecule has 1 aromatic carbocycles. The van der Waals surface area contributed by atoms with E-state index in [0.717, 1.165) is 17.0 Å². The van der Waals surface area contributed by atoms with Crippen LogP contribution in [0.2, 0.25) is 0 Å². The molecule has 162 valence electrons. The minimum Gasteiger partial charge on any atom is -0.346 e. The molecule has 2 N–H and O–H groups in total. The first-order valence-electron chi connectivity index (χ1n) is 9.13. The van der Waals surface area contributed by atoms with Crippen molar-refractivity contribution in [3.05, 3.63) is 77.7 Å². The zero-order valence-corrected chi connectivity index (χ0v) is 17.0. The number of nitrogens with one attached hydrogen (secondary N) is 2. The summed E-state index contributed by atoms with van der Waals surface area (Å²) < 4.78 is 38.0. The molecule has 0 fully saturated rings. The van der Waals surface area contributed by atoms with Crippen molar-refractivity contribution in [1.29, 1.82) is 0 Å². The van der Waals surface area contributed by atoms with E-state index in [1.165, 1.54) is 42.2 Å². The molecule has 0 aliphatic rings. The predicted octanol–water partition coefficient (Wildman–Crippen LogP) is 4.08. The first-order chi connectivity index (χ1) is 15.4. The van der Waals surface area contributed by atoms with Crippen molar-refractivity contribution in [3.8, 4) is 11.3 Å². The van der Waals surface area contributed by atoms with Gasteiger partial charge in [-0.2, -0.15) is 13.2 Å².